The van der Waals surface area contributed by atoms with E-state index in [1.165, 1.54) is 0 Å². The molecule has 0 spiro atoms. The van der Waals surface area contributed by atoms with Crippen LogP contribution in [0.4, 0.5) is 5.69 Å². The zero-order chi connectivity index (χ0) is 14.8. The van der Waals surface area contributed by atoms with Crippen molar-refractivity contribution in [3.8, 4) is 0 Å². The van der Waals surface area contributed by atoms with Gasteiger partial charge in [-0.1, -0.05) is 45.7 Å². The molecule has 0 aliphatic rings. The summed E-state index contributed by atoms with van der Waals surface area (Å²) in [5.74, 6) is -0.287. The van der Waals surface area contributed by atoms with E-state index in [9.17, 15) is 4.79 Å². The predicted molar refractivity (Wildman–Crippen MR) is 88.8 cm³/mol. The Morgan fingerprint density at radius 3 is 2.57 bits per heavy atom. The number of aromatic nitrogens is 1. The van der Waals surface area contributed by atoms with Crippen molar-refractivity contribution in [3.63, 3.8) is 0 Å². The van der Waals surface area contributed by atoms with E-state index in [2.05, 4.69) is 26.2 Å². The SMILES string of the molecule is O=C(Nc1ccc(Br)cc1)c1cc(Cl)c2ccccc2n1. The number of hydrogen-bond donors (Lipinski definition) is 1. The second kappa shape index (κ2) is 5.84. The van der Waals surface area contributed by atoms with Crippen LogP contribution >= 0.6 is 27.5 Å². The van der Waals surface area contributed by atoms with Crippen molar-refractivity contribution < 1.29 is 4.79 Å². The number of para-hydroxylation sites is 1. The molecule has 3 rings (SSSR count). The van der Waals surface area contributed by atoms with Crippen LogP contribution in [0, 0.1) is 0 Å². The molecule has 104 valence electrons. The molecule has 0 unspecified atom stereocenters. The lowest BCUT2D eigenvalue weighted by Crippen LogP contribution is -2.13. The molecule has 1 heterocycles. The molecular formula is C16H10BrClN2O. The number of rotatable bonds is 2. The van der Waals surface area contributed by atoms with Crippen LogP contribution in [-0.4, -0.2) is 10.9 Å². The van der Waals surface area contributed by atoms with Crippen molar-refractivity contribution >= 4 is 50.0 Å². The van der Waals surface area contributed by atoms with Crippen molar-refractivity contribution in [2.45, 2.75) is 0 Å². The van der Waals surface area contributed by atoms with Crippen LogP contribution in [0.5, 0.6) is 0 Å². The number of nitrogens with zero attached hydrogens (tertiary/aromatic N) is 1. The molecule has 1 N–H and O–H groups in total. The summed E-state index contributed by atoms with van der Waals surface area (Å²) in [6.07, 6.45) is 0. The minimum Gasteiger partial charge on any atom is -0.321 e. The van der Waals surface area contributed by atoms with Crippen LogP contribution in [0.25, 0.3) is 10.9 Å². The molecule has 0 aliphatic heterocycles. The highest BCUT2D eigenvalue weighted by Crippen LogP contribution is 2.23. The van der Waals surface area contributed by atoms with Crippen molar-refractivity contribution in [1.29, 1.82) is 0 Å². The zero-order valence-corrected chi connectivity index (χ0v) is 13.1. The molecule has 0 fully saturated rings. The number of carbonyl (C=O) groups is 1. The van der Waals surface area contributed by atoms with Crippen molar-refractivity contribution in [2.24, 2.45) is 0 Å². The summed E-state index contributed by atoms with van der Waals surface area (Å²) in [5, 5.41) is 4.14. The number of benzene rings is 2. The van der Waals surface area contributed by atoms with E-state index in [1.807, 2.05) is 48.5 Å². The third-order valence-corrected chi connectivity index (χ3v) is 3.84. The van der Waals surface area contributed by atoms with Crippen LogP contribution in [0.1, 0.15) is 10.5 Å². The third-order valence-electron chi connectivity index (χ3n) is 3.00. The monoisotopic (exact) mass is 360 g/mol. The normalized spacial score (nSPS) is 10.6. The largest absolute Gasteiger partial charge is 0.321 e. The van der Waals surface area contributed by atoms with Gasteiger partial charge in [-0.15, -0.1) is 0 Å². The predicted octanol–water partition coefficient (Wildman–Crippen LogP) is 4.90. The maximum Gasteiger partial charge on any atom is 0.274 e. The number of hydrogen-bond acceptors (Lipinski definition) is 2. The number of carbonyl (C=O) groups excluding carboxylic acids is 1. The van der Waals surface area contributed by atoms with Gasteiger partial charge in [0.2, 0.25) is 0 Å². The summed E-state index contributed by atoms with van der Waals surface area (Å²) in [5.41, 5.74) is 1.70. The van der Waals surface area contributed by atoms with E-state index in [0.717, 1.165) is 9.86 Å². The highest BCUT2D eigenvalue weighted by atomic mass is 79.9. The quantitative estimate of drug-likeness (QED) is 0.705. The van der Waals surface area contributed by atoms with Gasteiger partial charge in [-0.2, -0.15) is 0 Å². The molecule has 1 amide bonds. The molecule has 0 aliphatic carbocycles. The minimum atomic E-state index is -0.287. The zero-order valence-electron chi connectivity index (χ0n) is 10.8. The number of halogens is 2. The number of nitrogens with one attached hydrogen (secondary N) is 1. The average Bonchev–Trinajstić information content (AvgIpc) is 2.49. The molecular weight excluding hydrogens is 352 g/mol. The summed E-state index contributed by atoms with van der Waals surface area (Å²) in [6, 6.07) is 16.4. The lowest BCUT2D eigenvalue weighted by Gasteiger charge is -2.07. The Morgan fingerprint density at radius 1 is 1.10 bits per heavy atom. The average molecular weight is 362 g/mol. The summed E-state index contributed by atoms with van der Waals surface area (Å²) in [6.45, 7) is 0. The number of pyridine rings is 1. The lowest BCUT2D eigenvalue weighted by molar-refractivity contribution is 0.102. The van der Waals surface area contributed by atoms with Crippen LogP contribution in [-0.2, 0) is 0 Å². The van der Waals surface area contributed by atoms with E-state index in [1.54, 1.807) is 6.07 Å². The van der Waals surface area contributed by atoms with Crippen molar-refractivity contribution in [3.05, 3.63) is 69.8 Å². The van der Waals surface area contributed by atoms with E-state index in [0.29, 0.717) is 21.9 Å². The van der Waals surface area contributed by atoms with Crippen LogP contribution < -0.4 is 5.32 Å². The van der Waals surface area contributed by atoms with Gasteiger partial charge in [0.05, 0.1) is 10.5 Å². The fourth-order valence-corrected chi connectivity index (χ4v) is 2.51. The van der Waals surface area contributed by atoms with Gasteiger partial charge in [0.1, 0.15) is 5.69 Å². The van der Waals surface area contributed by atoms with Gasteiger partial charge in [-0.25, -0.2) is 4.98 Å². The second-order valence-electron chi connectivity index (χ2n) is 4.47. The molecule has 0 radical (unpaired) electrons. The lowest BCUT2D eigenvalue weighted by atomic mass is 10.2. The number of anilines is 1. The fraction of sp³-hybridized carbons (Fsp3) is 0. The van der Waals surface area contributed by atoms with Gasteiger partial charge in [0.15, 0.2) is 0 Å². The Kier molecular flexibility index (Phi) is 3.90. The molecule has 2 aromatic carbocycles. The van der Waals surface area contributed by atoms with Gasteiger partial charge in [0, 0.05) is 15.5 Å². The number of fused-ring (bicyclic) bond motifs is 1. The molecule has 0 atom stereocenters. The Labute approximate surface area is 135 Å². The topological polar surface area (TPSA) is 42.0 Å². The van der Waals surface area contributed by atoms with Crippen LogP contribution in [0.2, 0.25) is 5.02 Å². The third kappa shape index (κ3) is 3.06. The first kappa shape index (κ1) is 14.0. The Hall–Kier alpha value is -1.91. The first-order valence-corrected chi connectivity index (χ1v) is 7.43. The van der Waals surface area contributed by atoms with Gasteiger partial charge in [-0.3, -0.25) is 4.79 Å². The highest BCUT2D eigenvalue weighted by Gasteiger charge is 2.11. The molecule has 0 saturated carbocycles. The maximum atomic E-state index is 12.3. The van der Waals surface area contributed by atoms with Crippen LogP contribution in [0.15, 0.2) is 59.1 Å². The molecule has 0 bridgehead atoms. The molecule has 3 aromatic rings. The fourth-order valence-electron chi connectivity index (χ4n) is 1.98. The van der Waals surface area contributed by atoms with Gasteiger partial charge in [-0.05, 0) is 36.4 Å². The standard InChI is InChI=1S/C16H10BrClN2O/c17-10-5-7-11(8-6-10)19-16(21)15-9-13(18)12-3-1-2-4-14(12)20-15/h1-9H,(H,19,21). The first-order valence-electron chi connectivity index (χ1n) is 6.26. The minimum absolute atomic E-state index is 0.287. The summed E-state index contributed by atoms with van der Waals surface area (Å²) < 4.78 is 0.951. The number of amides is 1. The van der Waals surface area contributed by atoms with Gasteiger partial charge in [0.25, 0.3) is 5.91 Å². The first-order chi connectivity index (χ1) is 10.1. The summed E-state index contributed by atoms with van der Waals surface area (Å²) >= 11 is 9.55. The Morgan fingerprint density at radius 2 is 1.81 bits per heavy atom. The smallest absolute Gasteiger partial charge is 0.274 e. The van der Waals surface area contributed by atoms with Crippen molar-refractivity contribution in [1.82, 2.24) is 4.98 Å². The molecule has 3 nitrogen and oxygen atoms in total. The molecule has 1 aromatic heterocycles. The highest BCUT2D eigenvalue weighted by molar-refractivity contribution is 9.10. The van der Waals surface area contributed by atoms with E-state index in [-0.39, 0.29) is 5.91 Å². The Balaban J connectivity index is 1.92. The summed E-state index contributed by atoms with van der Waals surface area (Å²) in [4.78, 5) is 16.6. The molecule has 21 heavy (non-hydrogen) atoms. The summed E-state index contributed by atoms with van der Waals surface area (Å²) in [7, 11) is 0. The van der Waals surface area contributed by atoms with Gasteiger partial charge >= 0.3 is 0 Å². The van der Waals surface area contributed by atoms with E-state index in [4.69, 9.17) is 11.6 Å². The van der Waals surface area contributed by atoms with E-state index < -0.39 is 0 Å². The second-order valence-corrected chi connectivity index (χ2v) is 5.79. The van der Waals surface area contributed by atoms with Gasteiger partial charge < -0.3 is 5.32 Å². The maximum absolute atomic E-state index is 12.3. The van der Waals surface area contributed by atoms with Crippen LogP contribution in [0.3, 0.4) is 0 Å². The molecule has 0 saturated heterocycles. The van der Waals surface area contributed by atoms with Crippen molar-refractivity contribution in [2.75, 3.05) is 5.32 Å². The Bertz CT molecular complexity index is 818. The molecule has 5 heteroatoms. The van der Waals surface area contributed by atoms with E-state index >= 15 is 0 Å².